The van der Waals surface area contributed by atoms with Crippen LogP contribution in [0.15, 0.2) is 22.6 Å². The number of furan rings is 1. The molecule has 0 bridgehead atoms. The van der Waals surface area contributed by atoms with Gasteiger partial charge in [-0.05, 0) is 12.5 Å². The number of nitro groups is 1. The molecular formula is C18H20N2O8. The highest BCUT2D eigenvalue weighted by Gasteiger charge is 2.21. The first-order valence-corrected chi connectivity index (χ1v) is 8.35. The maximum atomic E-state index is 12.2. The van der Waals surface area contributed by atoms with Gasteiger partial charge in [0.05, 0.1) is 25.2 Å². The van der Waals surface area contributed by atoms with Crippen LogP contribution in [0.3, 0.4) is 0 Å². The van der Waals surface area contributed by atoms with Crippen LogP contribution in [-0.4, -0.2) is 42.7 Å². The third-order valence-electron chi connectivity index (χ3n) is 4.05. The van der Waals surface area contributed by atoms with Crippen molar-refractivity contribution in [3.05, 3.63) is 51.0 Å². The molecule has 0 aliphatic rings. The lowest BCUT2D eigenvalue weighted by Crippen LogP contribution is -2.25. The first-order valence-electron chi connectivity index (χ1n) is 8.35. The Hall–Kier alpha value is -3.56. The van der Waals surface area contributed by atoms with Crippen LogP contribution in [0.25, 0.3) is 0 Å². The van der Waals surface area contributed by atoms with E-state index in [1.54, 1.807) is 6.92 Å². The zero-order chi connectivity index (χ0) is 20.8. The first kappa shape index (κ1) is 20.7. The number of carboxylic acids is 1. The Morgan fingerprint density at radius 2 is 1.86 bits per heavy atom. The van der Waals surface area contributed by atoms with Crippen molar-refractivity contribution in [2.24, 2.45) is 0 Å². The largest absolute Gasteiger partial charge is 0.493 e. The molecule has 0 radical (unpaired) electrons. The number of hydrogen-bond donors (Lipinski definition) is 2. The van der Waals surface area contributed by atoms with E-state index in [1.807, 2.05) is 0 Å². The van der Waals surface area contributed by atoms with Gasteiger partial charge in [0.1, 0.15) is 11.3 Å². The highest BCUT2D eigenvalue weighted by atomic mass is 16.6. The number of carboxylic acid groups (broad SMARTS) is 1. The summed E-state index contributed by atoms with van der Waals surface area (Å²) in [6.45, 7) is 1.78. The summed E-state index contributed by atoms with van der Waals surface area (Å²) in [7, 11) is 2.79. The number of hydrogen-bond acceptors (Lipinski definition) is 7. The molecule has 1 aromatic carbocycles. The molecule has 10 nitrogen and oxygen atoms in total. The van der Waals surface area contributed by atoms with Gasteiger partial charge in [0.15, 0.2) is 17.3 Å². The predicted octanol–water partition coefficient (Wildman–Crippen LogP) is 2.44. The second kappa shape index (κ2) is 8.89. The molecule has 10 heteroatoms. The minimum absolute atomic E-state index is 0.0665. The molecule has 0 aliphatic carbocycles. The van der Waals surface area contributed by atoms with Gasteiger partial charge in [0, 0.05) is 24.6 Å². The first-order chi connectivity index (χ1) is 13.3. The zero-order valence-corrected chi connectivity index (χ0v) is 15.6. The van der Waals surface area contributed by atoms with Crippen molar-refractivity contribution >= 4 is 17.6 Å². The number of methoxy groups -OCH3 is 2. The Bertz CT molecular complexity index is 903. The highest BCUT2D eigenvalue weighted by Crippen LogP contribution is 2.34. The van der Waals surface area contributed by atoms with E-state index in [0.717, 1.165) is 6.07 Å². The Kier molecular flexibility index (Phi) is 6.59. The number of nitrogens with zero attached hydrogens (tertiary/aromatic N) is 1. The number of aromatic carboxylic acids is 1. The molecular weight excluding hydrogens is 372 g/mol. The topological polar surface area (TPSA) is 141 Å². The van der Waals surface area contributed by atoms with Crippen molar-refractivity contribution in [1.29, 1.82) is 0 Å². The summed E-state index contributed by atoms with van der Waals surface area (Å²) in [5.41, 5.74) is 0.123. The van der Waals surface area contributed by atoms with Gasteiger partial charge in [-0.1, -0.05) is 6.92 Å². The van der Waals surface area contributed by atoms with E-state index in [9.17, 15) is 19.7 Å². The van der Waals surface area contributed by atoms with Gasteiger partial charge in [-0.25, -0.2) is 4.79 Å². The van der Waals surface area contributed by atoms with Gasteiger partial charge < -0.3 is 24.3 Å². The van der Waals surface area contributed by atoms with Crippen molar-refractivity contribution in [3.63, 3.8) is 0 Å². The predicted molar refractivity (Wildman–Crippen MR) is 97.3 cm³/mol. The van der Waals surface area contributed by atoms with Crippen LogP contribution >= 0.6 is 0 Å². The maximum Gasteiger partial charge on any atom is 0.339 e. The van der Waals surface area contributed by atoms with Crippen molar-refractivity contribution in [2.45, 2.75) is 19.8 Å². The lowest BCUT2D eigenvalue weighted by molar-refractivity contribution is -0.385. The molecule has 0 atom stereocenters. The van der Waals surface area contributed by atoms with Crippen molar-refractivity contribution in [3.8, 4) is 11.5 Å². The number of nitrogens with one attached hydrogen (secondary N) is 1. The van der Waals surface area contributed by atoms with E-state index in [0.29, 0.717) is 17.7 Å². The van der Waals surface area contributed by atoms with E-state index < -0.39 is 16.8 Å². The molecule has 1 heterocycles. The van der Waals surface area contributed by atoms with Crippen LogP contribution in [-0.2, 0) is 12.8 Å². The summed E-state index contributed by atoms with van der Waals surface area (Å²) in [5, 5.41) is 23.0. The fourth-order valence-electron chi connectivity index (χ4n) is 2.66. The third-order valence-corrected chi connectivity index (χ3v) is 4.05. The molecule has 1 aromatic heterocycles. The minimum atomic E-state index is -1.18. The summed E-state index contributed by atoms with van der Waals surface area (Å²) < 4.78 is 15.5. The molecule has 0 fully saturated rings. The standard InChI is InChI=1S/C18H20N2O8/c1-4-13-11(18(22)23)8-16(28-13)17(21)19-6-5-10-7-14(26-2)15(27-3)9-12(10)20(24)25/h7-9H,4-6H2,1-3H3,(H,19,21)(H,22,23). The van der Waals surface area contributed by atoms with Crippen LogP contribution in [0.4, 0.5) is 5.69 Å². The average molecular weight is 392 g/mol. The summed E-state index contributed by atoms with van der Waals surface area (Å²) in [6.07, 6.45) is 0.474. The Balaban J connectivity index is 2.13. The summed E-state index contributed by atoms with van der Waals surface area (Å²) in [5.74, 6) is -1.15. The van der Waals surface area contributed by atoms with Crippen molar-refractivity contribution in [2.75, 3.05) is 20.8 Å². The number of carbonyl (C=O) groups is 2. The van der Waals surface area contributed by atoms with Gasteiger partial charge in [0.25, 0.3) is 11.6 Å². The zero-order valence-electron chi connectivity index (χ0n) is 15.6. The Morgan fingerprint density at radius 3 is 2.36 bits per heavy atom. The second-order valence-electron chi connectivity index (χ2n) is 5.71. The quantitative estimate of drug-likeness (QED) is 0.489. The van der Waals surface area contributed by atoms with Crippen LogP contribution in [0.1, 0.15) is 39.2 Å². The molecule has 0 spiro atoms. The summed E-state index contributed by atoms with van der Waals surface area (Å²) >= 11 is 0. The number of ether oxygens (including phenoxy) is 2. The fraction of sp³-hybridized carbons (Fsp3) is 0.333. The van der Waals surface area contributed by atoms with Gasteiger partial charge in [-0.15, -0.1) is 0 Å². The number of carbonyl (C=O) groups excluding carboxylic acids is 1. The van der Waals surface area contributed by atoms with E-state index in [-0.39, 0.29) is 41.5 Å². The SMILES string of the molecule is CCc1oc(C(=O)NCCc2cc(OC)c(OC)cc2[N+](=O)[O-])cc1C(=O)O. The van der Waals surface area contributed by atoms with Crippen molar-refractivity contribution < 1.29 is 33.5 Å². The molecule has 0 saturated heterocycles. The molecule has 0 saturated carbocycles. The summed E-state index contributed by atoms with van der Waals surface area (Å²) in [4.78, 5) is 34.1. The van der Waals surface area contributed by atoms with Gasteiger partial charge in [-0.3, -0.25) is 14.9 Å². The smallest absolute Gasteiger partial charge is 0.339 e. The lowest BCUT2D eigenvalue weighted by Gasteiger charge is -2.11. The van der Waals surface area contributed by atoms with E-state index in [4.69, 9.17) is 19.0 Å². The van der Waals surface area contributed by atoms with E-state index in [1.165, 1.54) is 26.4 Å². The Morgan fingerprint density at radius 1 is 1.21 bits per heavy atom. The normalized spacial score (nSPS) is 10.4. The molecule has 2 aromatic rings. The average Bonchev–Trinajstić information content (AvgIpc) is 3.12. The number of nitro benzene ring substituents is 1. The lowest BCUT2D eigenvalue weighted by atomic mass is 10.1. The van der Waals surface area contributed by atoms with Crippen LogP contribution in [0.5, 0.6) is 11.5 Å². The monoisotopic (exact) mass is 392 g/mol. The van der Waals surface area contributed by atoms with E-state index >= 15 is 0 Å². The van der Waals surface area contributed by atoms with E-state index in [2.05, 4.69) is 5.32 Å². The number of benzene rings is 1. The second-order valence-corrected chi connectivity index (χ2v) is 5.71. The van der Waals surface area contributed by atoms with Crippen LogP contribution in [0.2, 0.25) is 0 Å². The van der Waals surface area contributed by atoms with Gasteiger partial charge >= 0.3 is 5.97 Å². The number of aryl methyl sites for hydroxylation is 1. The van der Waals surface area contributed by atoms with Gasteiger partial charge in [-0.2, -0.15) is 0 Å². The summed E-state index contributed by atoms with van der Waals surface area (Å²) in [6, 6.07) is 3.90. The van der Waals surface area contributed by atoms with Gasteiger partial charge in [0.2, 0.25) is 0 Å². The molecule has 2 N–H and O–H groups in total. The molecule has 28 heavy (non-hydrogen) atoms. The molecule has 1 amide bonds. The molecule has 150 valence electrons. The van der Waals surface area contributed by atoms with Crippen LogP contribution < -0.4 is 14.8 Å². The molecule has 0 aliphatic heterocycles. The van der Waals surface area contributed by atoms with Crippen LogP contribution in [0, 0.1) is 10.1 Å². The maximum absolute atomic E-state index is 12.2. The third kappa shape index (κ3) is 4.40. The Labute approximate surface area is 160 Å². The number of amides is 1. The molecule has 2 rings (SSSR count). The fourth-order valence-corrected chi connectivity index (χ4v) is 2.66. The minimum Gasteiger partial charge on any atom is -0.493 e. The molecule has 0 unspecified atom stereocenters. The highest BCUT2D eigenvalue weighted by molar-refractivity contribution is 5.96. The number of rotatable bonds is 9. The van der Waals surface area contributed by atoms with Crippen molar-refractivity contribution in [1.82, 2.24) is 5.32 Å².